The first kappa shape index (κ1) is 20.0. The van der Waals surface area contributed by atoms with Gasteiger partial charge in [0.25, 0.3) is 0 Å². The maximum absolute atomic E-state index is 11.4. The topological polar surface area (TPSA) is 81.8 Å². The highest BCUT2D eigenvalue weighted by molar-refractivity contribution is 8.13. The summed E-state index contributed by atoms with van der Waals surface area (Å²) in [5.74, 6) is 0.477. The summed E-state index contributed by atoms with van der Waals surface area (Å²) in [6.45, 7) is 9.40. The van der Waals surface area contributed by atoms with Crippen LogP contribution in [0.5, 0.6) is 0 Å². The number of carbonyl (C=O) groups is 1. The number of anilines is 1. The number of rotatable bonds is 5. The molecule has 0 aliphatic carbocycles. The number of aliphatic hydroxyl groups is 1. The van der Waals surface area contributed by atoms with Crippen LogP contribution in [0.4, 0.5) is 5.69 Å². The summed E-state index contributed by atoms with van der Waals surface area (Å²) in [6, 6.07) is 5.47. The number of benzene rings is 1. The molecule has 0 spiro atoms. The molecule has 0 unspecified atom stereocenters. The fourth-order valence-corrected chi connectivity index (χ4v) is 3.01. The Bertz CT molecular complexity index is 672. The lowest BCUT2D eigenvalue weighted by Gasteiger charge is -2.32. The van der Waals surface area contributed by atoms with E-state index in [2.05, 4.69) is 0 Å². The molecule has 1 aromatic carbocycles. The van der Waals surface area contributed by atoms with Crippen molar-refractivity contribution in [3.05, 3.63) is 34.8 Å². The molecular weight excluding hydrogens is 337 g/mol. The fourth-order valence-electron chi connectivity index (χ4n) is 2.42. The first-order chi connectivity index (χ1) is 11.6. The van der Waals surface area contributed by atoms with E-state index in [4.69, 9.17) is 15.0 Å². The zero-order valence-corrected chi connectivity index (χ0v) is 16.3. The van der Waals surface area contributed by atoms with Gasteiger partial charge in [0, 0.05) is 23.9 Å². The highest BCUT2D eigenvalue weighted by atomic mass is 32.2. The molecule has 0 atom stereocenters. The fraction of sp³-hybridized carbons (Fsp3) is 0.500. The predicted molar refractivity (Wildman–Crippen MR) is 104 cm³/mol. The molecule has 1 saturated heterocycles. The Labute approximate surface area is 154 Å². The molecular formula is C18H26BNO4S. The molecule has 7 heteroatoms. The average Bonchev–Trinajstić information content (AvgIpc) is 2.73. The van der Waals surface area contributed by atoms with Gasteiger partial charge in [-0.05, 0) is 50.9 Å². The van der Waals surface area contributed by atoms with Gasteiger partial charge in [0.15, 0.2) is 5.12 Å². The summed E-state index contributed by atoms with van der Waals surface area (Å²) >= 11 is 1.22. The molecule has 2 rings (SSSR count). The van der Waals surface area contributed by atoms with E-state index in [1.165, 1.54) is 11.8 Å². The maximum Gasteiger partial charge on any atom is 0.491 e. The van der Waals surface area contributed by atoms with Crippen molar-refractivity contribution in [2.45, 2.75) is 52.4 Å². The minimum absolute atomic E-state index is 0.0378. The van der Waals surface area contributed by atoms with Gasteiger partial charge in [-0.25, -0.2) is 0 Å². The lowest BCUT2D eigenvalue weighted by atomic mass is 9.78. The van der Waals surface area contributed by atoms with E-state index in [0.717, 1.165) is 11.0 Å². The van der Waals surface area contributed by atoms with Crippen LogP contribution in [0.15, 0.2) is 23.7 Å². The number of aliphatic hydroxyl groups excluding tert-OH is 1. The summed E-state index contributed by atoms with van der Waals surface area (Å²) < 4.78 is 12.2. The highest BCUT2D eigenvalue weighted by Crippen LogP contribution is 2.39. The number of thioether (sulfide) groups is 1. The van der Waals surface area contributed by atoms with E-state index >= 15 is 0 Å². The van der Waals surface area contributed by atoms with Gasteiger partial charge in [-0.15, -0.1) is 0 Å². The van der Waals surface area contributed by atoms with Crippen molar-refractivity contribution in [1.82, 2.24) is 0 Å². The van der Waals surface area contributed by atoms with Crippen LogP contribution in [-0.4, -0.2) is 34.3 Å². The van der Waals surface area contributed by atoms with Crippen LogP contribution in [0, 0.1) is 0 Å². The van der Waals surface area contributed by atoms with Gasteiger partial charge in [0.2, 0.25) is 0 Å². The quantitative estimate of drug-likeness (QED) is 0.618. The Balaban J connectivity index is 2.35. The lowest BCUT2D eigenvalue weighted by molar-refractivity contribution is -0.109. The molecule has 1 aliphatic rings. The van der Waals surface area contributed by atoms with Crippen molar-refractivity contribution in [3.63, 3.8) is 0 Å². The van der Waals surface area contributed by atoms with Gasteiger partial charge in [-0.2, -0.15) is 0 Å². The second kappa shape index (κ2) is 7.54. The molecule has 5 nitrogen and oxygen atoms in total. The second-order valence-corrected chi connectivity index (χ2v) is 8.36. The van der Waals surface area contributed by atoms with Crippen molar-refractivity contribution in [2.24, 2.45) is 0 Å². The Morgan fingerprint density at radius 2 is 1.88 bits per heavy atom. The van der Waals surface area contributed by atoms with Crippen LogP contribution >= 0.6 is 11.8 Å². The molecule has 1 heterocycles. The summed E-state index contributed by atoms with van der Waals surface area (Å²) in [5, 5.41) is 9.44. The van der Waals surface area contributed by atoms with Gasteiger partial charge in [-0.1, -0.05) is 23.9 Å². The zero-order valence-electron chi connectivity index (χ0n) is 15.5. The van der Waals surface area contributed by atoms with Crippen LogP contribution in [-0.2, 0) is 20.7 Å². The summed E-state index contributed by atoms with van der Waals surface area (Å²) in [5.41, 5.74) is 7.91. The number of carbonyl (C=O) groups excluding carboxylic acids is 1. The van der Waals surface area contributed by atoms with E-state index in [1.807, 2.05) is 45.9 Å². The van der Waals surface area contributed by atoms with Crippen molar-refractivity contribution >= 4 is 35.8 Å². The third kappa shape index (κ3) is 4.67. The third-order valence-electron chi connectivity index (χ3n) is 4.69. The van der Waals surface area contributed by atoms with Gasteiger partial charge >= 0.3 is 7.12 Å². The Hall–Kier alpha value is -1.28. The summed E-state index contributed by atoms with van der Waals surface area (Å²) in [4.78, 5) is 11.4. The maximum atomic E-state index is 11.4. The molecule has 1 aliphatic heterocycles. The summed E-state index contributed by atoms with van der Waals surface area (Å²) in [6.07, 6.45) is 1.94. The van der Waals surface area contributed by atoms with Crippen molar-refractivity contribution in [2.75, 3.05) is 11.5 Å². The number of nitrogens with two attached hydrogens (primary N) is 1. The third-order valence-corrected chi connectivity index (χ3v) is 5.57. The van der Waals surface area contributed by atoms with Crippen molar-refractivity contribution in [1.29, 1.82) is 0 Å². The van der Waals surface area contributed by atoms with Crippen LogP contribution < -0.4 is 5.73 Å². The normalized spacial score (nSPS) is 19.3. The van der Waals surface area contributed by atoms with E-state index in [-0.39, 0.29) is 11.7 Å². The largest absolute Gasteiger partial charge is 0.491 e. The van der Waals surface area contributed by atoms with Gasteiger partial charge in [0.05, 0.1) is 17.8 Å². The van der Waals surface area contributed by atoms with E-state index < -0.39 is 18.3 Å². The predicted octanol–water partition coefficient (Wildman–Crippen LogP) is 3.06. The number of hydrogen-bond donors (Lipinski definition) is 2. The molecule has 0 radical (unpaired) electrons. The Kier molecular flexibility index (Phi) is 6.04. The van der Waals surface area contributed by atoms with Crippen molar-refractivity contribution < 1.29 is 19.2 Å². The zero-order chi connectivity index (χ0) is 18.8. The van der Waals surface area contributed by atoms with Crippen LogP contribution in [0.25, 0.3) is 6.08 Å². The number of nitrogen functional groups attached to an aromatic ring is 1. The van der Waals surface area contributed by atoms with Gasteiger partial charge < -0.3 is 20.1 Å². The molecule has 1 aromatic rings. The SMILES string of the molecule is CC(=O)SCC(=Cc1ccc(N)c(CO)c1)B1OC(C)(C)C(C)(C)O1. The van der Waals surface area contributed by atoms with Crippen LogP contribution in [0.1, 0.15) is 45.7 Å². The Morgan fingerprint density at radius 1 is 1.28 bits per heavy atom. The molecule has 25 heavy (non-hydrogen) atoms. The second-order valence-electron chi connectivity index (χ2n) is 7.20. The van der Waals surface area contributed by atoms with Crippen LogP contribution in [0.3, 0.4) is 0 Å². The van der Waals surface area contributed by atoms with Crippen molar-refractivity contribution in [3.8, 4) is 0 Å². The molecule has 0 bridgehead atoms. The minimum Gasteiger partial charge on any atom is -0.400 e. The van der Waals surface area contributed by atoms with E-state index in [0.29, 0.717) is 17.0 Å². The molecule has 0 amide bonds. The summed E-state index contributed by atoms with van der Waals surface area (Å²) in [7, 11) is -0.521. The minimum atomic E-state index is -0.521. The first-order valence-electron chi connectivity index (χ1n) is 8.24. The molecule has 1 fully saturated rings. The lowest BCUT2D eigenvalue weighted by Crippen LogP contribution is -2.41. The standard InChI is InChI=1S/C18H26BNO4S/c1-12(22)25-11-15(19-23-17(2,3)18(4,5)24-19)9-13-6-7-16(20)14(8-13)10-21/h6-9,21H,10-11,20H2,1-5H3. The van der Waals surface area contributed by atoms with E-state index in [1.54, 1.807) is 13.0 Å². The van der Waals surface area contributed by atoms with Gasteiger partial charge in [0.1, 0.15) is 0 Å². The first-order valence-corrected chi connectivity index (χ1v) is 9.23. The molecule has 136 valence electrons. The van der Waals surface area contributed by atoms with Gasteiger partial charge in [-0.3, -0.25) is 4.79 Å². The Morgan fingerprint density at radius 3 is 2.40 bits per heavy atom. The molecule has 0 saturated carbocycles. The number of hydrogen-bond acceptors (Lipinski definition) is 6. The molecule has 3 N–H and O–H groups in total. The van der Waals surface area contributed by atoms with E-state index in [9.17, 15) is 9.90 Å². The molecule has 0 aromatic heterocycles. The highest BCUT2D eigenvalue weighted by Gasteiger charge is 2.52. The monoisotopic (exact) mass is 363 g/mol. The smallest absolute Gasteiger partial charge is 0.400 e. The van der Waals surface area contributed by atoms with Crippen LogP contribution in [0.2, 0.25) is 0 Å². The average molecular weight is 363 g/mol.